The summed E-state index contributed by atoms with van der Waals surface area (Å²) in [6.07, 6.45) is 1.33. The van der Waals surface area contributed by atoms with Crippen LogP contribution in [0.4, 0.5) is 0 Å². The Kier molecular flexibility index (Phi) is 5.58. The van der Waals surface area contributed by atoms with E-state index in [4.69, 9.17) is 4.74 Å². The van der Waals surface area contributed by atoms with Gasteiger partial charge in [-0.2, -0.15) is 0 Å². The molecule has 0 aliphatic heterocycles. The topological polar surface area (TPSA) is 83.8 Å². The van der Waals surface area contributed by atoms with E-state index in [2.05, 4.69) is 0 Å². The molecule has 0 amide bonds. The number of ketones is 1. The van der Waals surface area contributed by atoms with Crippen molar-refractivity contribution in [3.8, 4) is 11.5 Å². The highest BCUT2D eigenvalue weighted by atomic mass is 16.5. The number of hydrogen-bond donors (Lipinski definition) is 2. The van der Waals surface area contributed by atoms with Gasteiger partial charge in [0.1, 0.15) is 18.1 Å². The van der Waals surface area contributed by atoms with Crippen molar-refractivity contribution in [1.29, 1.82) is 0 Å². The highest BCUT2D eigenvalue weighted by Crippen LogP contribution is 2.33. The second-order valence-electron chi connectivity index (χ2n) is 5.50. The molecule has 5 nitrogen and oxygen atoms in total. The van der Waals surface area contributed by atoms with Gasteiger partial charge in [0.05, 0.1) is 11.1 Å². The lowest BCUT2D eigenvalue weighted by atomic mass is 10.0. The zero-order chi connectivity index (χ0) is 17.7. The van der Waals surface area contributed by atoms with Gasteiger partial charge >= 0.3 is 5.97 Å². The van der Waals surface area contributed by atoms with E-state index in [1.54, 1.807) is 24.3 Å². The summed E-state index contributed by atoms with van der Waals surface area (Å²) in [6, 6.07) is 9.77. The number of hydrogen-bond acceptors (Lipinski definition) is 4. The molecule has 0 heterocycles. The number of phenolic OH excluding ortho intramolecular Hbond substituents is 1. The van der Waals surface area contributed by atoms with Gasteiger partial charge in [-0.05, 0) is 31.5 Å². The van der Waals surface area contributed by atoms with Crippen LogP contribution in [0.5, 0.6) is 11.5 Å². The first kappa shape index (κ1) is 17.5. The van der Waals surface area contributed by atoms with Gasteiger partial charge < -0.3 is 14.9 Å². The maximum atomic E-state index is 11.6. The summed E-state index contributed by atoms with van der Waals surface area (Å²) < 4.78 is 5.75. The van der Waals surface area contributed by atoms with Crippen molar-refractivity contribution in [3.05, 3.63) is 58.7 Å². The Hall–Kier alpha value is -2.82. The summed E-state index contributed by atoms with van der Waals surface area (Å²) in [6.45, 7) is 3.43. The quantitative estimate of drug-likeness (QED) is 0.755. The summed E-state index contributed by atoms with van der Waals surface area (Å²) >= 11 is 0. The van der Waals surface area contributed by atoms with Crippen molar-refractivity contribution in [2.75, 3.05) is 0 Å². The predicted molar refractivity (Wildman–Crippen MR) is 89.8 cm³/mol. The van der Waals surface area contributed by atoms with Crippen LogP contribution in [0.25, 0.3) is 0 Å². The number of ether oxygens (including phenoxy) is 1. The molecule has 0 saturated carbocycles. The molecule has 0 aliphatic carbocycles. The standard InChI is InChI=1S/C19H20O5/c1-3-6-16-17(10-9-14(12(2)20)18(16)21)24-11-13-7-4-5-8-15(13)19(22)23/h4-5,7-10,21H,3,6,11H2,1-2H3,(H,22,23). The van der Waals surface area contributed by atoms with E-state index in [-0.39, 0.29) is 29.3 Å². The molecule has 0 bridgehead atoms. The Balaban J connectivity index is 2.32. The van der Waals surface area contributed by atoms with Gasteiger partial charge in [0.25, 0.3) is 0 Å². The highest BCUT2D eigenvalue weighted by Gasteiger charge is 2.17. The summed E-state index contributed by atoms with van der Waals surface area (Å²) in [5.74, 6) is -0.835. The fraction of sp³-hybridized carbons (Fsp3) is 0.263. The van der Waals surface area contributed by atoms with Crippen LogP contribution in [0.1, 0.15) is 52.1 Å². The third-order valence-electron chi connectivity index (χ3n) is 3.75. The number of benzene rings is 2. The zero-order valence-corrected chi connectivity index (χ0v) is 13.7. The lowest BCUT2D eigenvalue weighted by Gasteiger charge is -2.15. The number of rotatable bonds is 7. The monoisotopic (exact) mass is 328 g/mol. The molecule has 0 saturated heterocycles. The SMILES string of the molecule is CCCc1c(OCc2ccccc2C(=O)O)ccc(C(C)=O)c1O. The second-order valence-corrected chi connectivity index (χ2v) is 5.50. The van der Waals surface area contributed by atoms with Crippen LogP contribution in [0.15, 0.2) is 36.4 Å². The normalized spacial score (nSPS) is 10.4. The molecule has 2 aromatic carbocycles. The van der Waals surface area contributed by atoms with Crippen molar-refractivity contribution in [1.82, 2.24) is 0 Å². The van der Waals surface area contributed by atoms with Gasteiger partial charge in [0.2, 0.25) is 0 Å². The Morgan fingerprint density at radius 2 is 1.79 bits per heavy atom. The molecule has 24 heavy (non-hydrogen) atoms. The first-order chi connectivity index (χ1) is 11.5. The van der Waals surface area contributed by atoms with Gasteiger partial charge in [0.15, 0.2) is 5.78 Å². The largest absolute Gasteiger partial charge is 0.507 e. The number of Topliss-reactive ketones (excluding diaryl/α,β-unsaturated/α-hetero) is 1. The van der Waals surface area contributed by atoms with E-state index in [0.29, 0.717) is 23.3 Å². The summed E-state index contributed by atoms with van der Waals surface area (Å²) in [5, 5.41) is 19.5. The maximum Gasteiger partial charge on any atom is 0.336 e. The summed E-state index contributed by atoms with van der Waals surface area (Å²) in [7, 11) is 0. The number of carboxylic acids is 1. The van der Waals surface area contributed by atoms with E-state index in [1.807, 2.05) is 6.92 Å². The van der Waals surface area contributed by atoms with Crippen LogP contribution in [-0.2, 0) is 13.0 Å². The molecule has 0 radical (unpaired) electrons. The number of phenols is 1. The van der Waals surface area contributed by atoms with Crippen LogP contribution in [0, 0.1) is 0 Å². The number of carbonyl (C=O) groups is 2. The molecule has 2 rings (SSSR count). The fourth-order valence-corrected chi connectivity index (χ4v) is 2.54. The molecule has 0 atom stereocenters. The van der Waals surface area contributed by atoms with Gasteiger partial charge in [0, 0.05) is 11.1 Å². The molecule has 0 aromatic heterocycles. The fourth-order valence-electron chi connectivity index (χ4n) is 2.54. The Labute approximate surface area is 140 Å². The minimum Gasteiger partial charge on any atom is -0.507 e. The lowest BCUT2D eigenvalue weighted by Crippen LogP contribution is -2.07. The first-order valence-electron chi connectivity index (χ1n) is 7.75. The molecule has 2 aromatic rings. The van der Waals surface area contributed by atoms with E-state index in [1.165, 1.54) is 19.1 Å². The van der Waals surface area contributed by atoms with E-state index in [0.717, 1.165) is 6.42 Å². The van der Waals surface area contributed by atoms with Gasteiger partial charge in [-0.25, -0.2) is 4.79 Å². The average Bonchev–Trinajstić information content (AvgIpc) is 2.55. The van der Waals surface area contributed by atoms with Crippen LogP contribution < -0.4 is 4.74 Å². The predicted octanol–water partition coefficient (Wildman–Crippen LogP) is 3.82. The third-order valence-corrected chi connectivity index (χ3v) is 3.75. The Morgan fingerprint density at radius 1 is 1.08 bits per heavy atom. The molecule has 0 spiro atoms. The number of aromatic carboxylic acids is 1. The van der Waals surface area contributed by atoms with Crippen molar-refractivity contribution in [2.45, 2.75) is 33.3 Å². The van der Waals surface area contributed by atoms with Gasteiger partial charge in [-0.3, -0.25) is 4.79 Å². The Bertz CT molecular complexity index is 764. The molecule has 0 aliphatic rings. The molecule has 5 heteroatoms. The molecule has 0 fully saturated rings. The second kappa shape index (κ2) is 7.64. The lowest BCUT2D eigenvalue weighted by molar-refractivity contribution is 0.0693. The molecule has 126 valence electrons. The molecule has 0 unspecified atom stereocenters. The number of carboxylic acid groups (broad SMARTS) is 1. The van der Waals surface area contributed by atoms with Crippen LogP contribution in [0.2, 0.25) is 0 Å². The van der Waals surface area contributed by atoms with Crippen LogP contribution in [-0.4, -0.2) is 22.0 Å². The Morgan fingerprint density at radius 3 is 2.42 bits per heavy atom. The van der Waals surface area contributed by atoms with Crippen molar-refractivity contribution in [2.24, 2.45) is 0 Å². The van der Waals surface area contributed by atoms with Gasteiger partial charge in [-0.1, -0.05) is 31.5 Å². The van der Waals surface area contributed by atoms with E-state index in [9.17, 15) is 19.8 Å². The summed E-state index contributed by atoms with van der Waals surface area (Å²) in [4.78, 5) is 22.8. The smallest absolute Gasteiger partial charge is 0.336 e. The minimum atomic E-state index is -1.02. The van der Waals surface area contributed by atoms with Crippen LogP contribution >= 0.6 is 0 Å². The molecular weight excluding hydrogens is 308 g/mol. The van der Waals surface area contributed by atoms with Crippen molar-refractivity contribution >= 4 is 11.8 Å². The number of carbonyl (C=O) groups excluding carboxylic acids is 1. The van der Waals surface area contributed by atoms with Crippen LogP contribution in [0.3, 0.4) is 0 Å². The molecular formula is C19H20O5. The van der Waals surface area contributed by atoms with Crippen molar-refractivity contribution < 1.29 is 24.5 Å². The summed E-state index contributed by atoms with van der Waals surface area (Å²) in [5.41, 5.74) is 1.55. The van der Waals surface area contributed by atoms with Gasteiger partial charge in [-0.15, -0.1) is 0 Å². The first-order valence-corrected chi connectivity index (χ1v) is 7.75. The maximum absolute atomic E-state index is 11.6. The van der Waals surface area contributed by atoms with E-state index >= 15 is 0 Å². The van der Waals surface area contributed by atoms with Crippen molar-refractivity contribution in [3.63, 3.8) is 0 Å². The average molecular weight is 328 g/mol. The molecule has 2 N–H and O–H groups in total. The number of aromatic hydroxyl groups is 1. The zero-order valence-electron chi connectivity index (χ0n) is 13.7. The third kappa shape index (κ3) is 3.74. The van der Waals surface area contributed by atoms with E-state index < -0.39 is 5.97 Å². The minimum absolute atomic E-state index is 0.0617. The highest BCUT2D eigenvalue weighted by molar-refractivity contribution is 5.97.